The van der Waals surface area contributed by atoms with Crippen molar-refractivity contribution in [3.05, 3.63) is 29.0 Å². The molecule has 8 heteroatoms. The van der Waals surface area contributed by atoms with Crippen LogP contribution in [-0.4, -0.2) is 36.4 Å². The van der Waals surface area contributed by atoms with Gasteiger partial charge in [0.25, 0.3) is 0 Å². The van der Waals surface area contributed by atoms with Gasteiger partial charge in [0.15, 0.2) is 0 Å². The summed E-state index contributed by atoms with van der Waals surface area (Å²) in [4.78, 5) is 10.4. The molecule has 0 aliphatic carbocycles. The Balaban J connectivity index is 2.38. The van der Waals surface area contributed by atoms with Gasteiger partial charge in [-0.05, 0) is 31.0 Å². The number of rotatable bonds is 4. The molecule has 1 saturated heterocycles. The third-order valence-electron chi connectivity index (χ3n) is 3.46. The Labute approximate surface area is 127 Å². The highest BCUT2D eigenvalue weighted by atomic mass is 35.5. The van der Waals surface area contributed by atoms with E-state index in [1.807, 2.05) is 0 Å². The number of halogens is 2. The minimum Gasteiger partial charge on any atom is -0.481 e. The van der Waals surface area contributed by atoms with Gasteiger partial charge in [-0.3, -0.25) is 4.79 Å². The molecule has 0 spiro atoms. The first-order valence-electron chi connectivity index (χ1n) is 6.51. The molecule has 0 bridgehead atoms. The Kier molecular flexibility index (Phi) is 4.85. The van der Waals surface area contributed by atoms with Gasteiger partial charge < -0.3 is 5.11 Å². The zero-order chi connectivity index (χ0) is 15.6. The van der Waals surface area contributed by atoms with Crippen LogP contribution in [-0.2, 0) is 14.8 Å². The first-order chi connectivity index (χ1) is 9.82. The van der Waals surface area contributed by atoms with Gasteiger partial charge in [-0.1, -0.05) is 18.0 Å². The highest BCUT2D eigenvalue weighted by Gasteiger charge is 2.36. The van der Waals surface area contributed by atoms with Gasteiger partial charge in [-0.25, -0.2) is 12.8 Å². The summed E-state index contributed by atoms with van der Waals surface area (Å²) < 4.78 is 40.1. The molecule has 0 aromatic heterocycles. The van der Waals surface area contributed by atoms with E-state index in [1.54, 1.807) is 0 Å². The number of nitrogens with zero attached hydrogens (tertiary/aromatic N) is 1. The summed E-state index contributed by atoms with van der Waals surface area (Å²) in [6.07, 6.45) is 1.56. The fourth-order valence-electron chi connectivity index (χ4n) is 2.51. The van der Waals surface area contributed by atoms with Crippen LogP contribution < -0.4 is 0 Å². The van der Waals surface area contributed by atoms with Crippen molar-refractivity contribution in [1.29, 1.82) is 0 Å². The topological polar surface area (TPSA) is 74.7 Å². The molecule has 21 heavy (non-hydrogen) atoms. The zero-order valence-electron chi connectivity index (χ0n) is 11.1. The lowest BCUT2D eigenvalue weighted by Gasteiger charge is -2.33. The molecule has 1 aliphatic rings. The third-order valence-corrected chi connectivity index (χ3v) is 5.68. The average molecular weight is 336 g/mol. The van der Waals surface area contributed by atoms with E-state index < -0.39 is 32.7 Å². The zero-order valence-corrected chi connectivity index (χ0v) is 12.7. The summed E-state index contributed by atoms with van der Waals surface area (Å²) >= 11 is 5.62. The normalized spacial score (nSPS) is 20.4. The Morgan fingerprint density at radius 2 is 2.14 bits per heavy atom. The van der Waals surface area contributed by atoms with E-state index in [4.69, 9.17) is 16.7 Å². The van der Waals surface area contributed by atoms with Crippen molar-refractivity contribution in [3.8, 4) is 0 Å². The summed E-state index contributed by atoms with van der Waals surface area (Å²) in [5.41, 5.74) is 0. The lowest BCUT2D eigenvalue weighted by molar-refractivity contribution is -0.138. The van der Waals surface area contributed by atoms with Crippen molar-refractivity contribution in [2.75, 3.05) is 6.54 Å². The average Bonchev–Trinajstić information content (AvgIpc) is 2.37. The number of benzene rings is 1. The van der Waals surface area contributed by atoms with Gasteiger partial charge in [0.1, 0.15) is 10.7 Å². The third kappa shape index (κ3) is 3.53. The van der Waals surface area contributed by atoms with Crippen LogP contribution in [0.15, 0.2) is 23.1 Å². The molecule has 1 aliphatic heterocycles. The fourth-order valence-corrected chi connectivity index (χ4v) is 4.41. The molecule has 2 rings (SSSR count). The van der Waals surface area contributed by atoms with Crippen molar-refractivity contribution < 1.29 is 22.7 Å². The van der Waals surface area contributed by atoms with Crippen molar-refractivity contribution in [1.82, 2.24) is 4.31 Å². The predicted molar refractivity (Wildman–Crippen MR) is 75.2 cm³/mol. The maximum Gasteiger partial charge on any atom is 0.304 e. The van der Waals surface area contributed by atoms with Gasteiger partial charge in [0.2, 0.25) is 10.0 Å². The van der Waals surface area contributed by atoms with Crippen LogP contribution in [0, 0.1) is 5.82 Å². The maximum absolute atomic E-state index is 13.9. The van der Waals surface area contributed by atoms with Crippen LogP contribution in [0.5, 0.6) is 0 Å². The standard InChI is InChI=1S/C13H15ClFNO4S/c14-9-4-5-12(11(15)7-9)21(19,20)16-6-2-1-3-10(16)8-13(17)18/h4-5,7,10H,1-3,6,8H2,(H,17,18). The van der Waals surface area contributed by atoms with Crippen LogP contribution in [0.1, 0.15) is 25.7 Å². The lowest BCUT2D eigenvalue weighted by Crippen LogP contribution is -2.44. The Hall–Kier alpha value is -1.18. The Morgan fingerprint density at radius 3 is 2.76 bits per heavy atom. The van der Waals surface area contributed by atoms with E-state index in [1.165, 1.54) is 6.07 Å². The van der Waals surface area contributed by atoms with Gasteiger partial charge in [-0.15, -0.1) is 0 Å². The van der Waals surface area contributed by atoms with Crippen LogP contribution in [0.4, 0.5) is 4.39 Å². The Morgan fingerprint density at radius 1 is 1.43 bits per heavy atom. The first kappa shape index (κ1) is 16.2. The summed E-state index contributed by atoms with van der Waals surface area (Å²) in [5, 5.41) is 9.00. The molecule has 0 saturated carbocycles. The molecule has 116 valence electrons. The fraction of sp³-hybridized carbons (Fsp3) is 0.462. The monoisotopic (exact) mass is 335 g/mol. The summed E-state index contributed by atoms with van der Waals surface area (Å²) in [6.45, 7) is 0.197. The van der Waals surface area contributed by atoms with Crippen molar-refractivity contribution in [2.45, 2.75) is 36.6 Å². The van der Waals surface area contributed by atoms with Crippen molar-refractivity contribution >= 4 is 27.6 Å². The molecular formula is C13H15ClFNO4S. The number of hydrogen-bond donors (Lipinski definition) is 1. The molecule has 1 aromatic carbocycles. The predicted octanol–water partition coefficient (Wildman–Crippen LogP) is 2.50. The number of sulfonamides is 1. The number of carbonyl (C=O) groups is 1. The van der Waals surface area contributed by atoms with Crippen LogP contribution in [0.2, 0.25) is 5.02 Å². The largest absolute Gasteiger partial charge is 0.481 e. The second-order valence-electron chi connectivity index (χ2n) is 4.94. The minimum absolute atomic E-state index is 0.104. The second kappa shape index (κ2) is 6.29. The number of carboxylic acid groups (broad SMARTS) is 1. The molecule has 1 N–H and O–H groups in total. The second-order valence-corrected chi connectivity index (χ2v) is 7.23. The number of carboxylic acids is 1. The van der Waals surface area contributed by atoms with E-state index in [9.17, 15) is 17.6 Å². The van der Waals surface area contributed by atoms with E-state index in [2.05, 4.69) is 0 Å². The van der Waals surface area contributed by atoms with Crippen molar-refractivity contribution in [2.24, 2.45) is 0 Å². The van der Waals surface area contributed by atoms with Gasteiger partial charge in [0, 0.05) is 17.6 Å². The Bertz CT molecular complexity index is 650. The lowest BCUT2D eigenvalue weighted by atomic mass is 10.0. The first-order valence-corrected chi connectivity index (χ1v) is 8.33. The number of aliphatic carboxylic acids is 1. The molecule has 0 radical (unpaired) electrons. The smallest absolute Gasteiger partial charge is 0.304 e. The van der Waals surface area contributed by atoms with E-state index >= 15 is 0 Å². The van der Waals surface area contributed by atoms with Gasteiger partial charge in [-0.2, -0.15) is 4.31 Å². The quantitative estimate of drug-likeness (QED) is 0.917. The van der Waals surface area contributed by atoms with E-state index in [0.29, 0.717) is 12.8 Å². The molecular weight excluding hydrogens is 321 g/mol. The highest BCUT2D eigenvalue weighted by Crippen LogP contribution is 2.29. The summed E-state index contributed by atoms with van der Waals surface area (Å²) in [5.74, 6) is -2.00. The van der Waals surface area contributed by atoms with E-state index in [0.717, 1.165) is 22.9 Å². The molecule has 1 fully saturated rings. The molecule has 5 nitrogen and oxygen atoms in total. The number of hydrogen-bond acceptors (Lipinski definition) is 3. The van der Waals surface area contributed by atoms with Crippen LogP contribution in [0.3, 0.4) is 0 Å². The maximum atomic E-state index is 13.9. The number of piperidine rings is 1. The van der Waals surface area contributed by atoms with Crippen LogP contribution in [0.25, 0.3) is 0 Å². The SMILES string of the molecule is O=C(O)CC1CCCCN1S(=O)(=O)c1ccc(Cl)cc1F. The molecule has 1 heterocycles. The van der Waals surface area contributed by atoms with Gasteiger partial charge >= 0.3 is 5.97 Å². The van der Waals surface area contributed by atoms with Crippen LogP contribution >= 0.6 is 11.6 Å². The minimum atomic E-state index is -4.07. The molecule has 1 atom stereocenters. The molecule has 0 amide bonds. The van der Waals surface area contributed by atoms with Gasteiger partial charge in [0.05, 0.1) is 6.42 Å². The summed E-state index contributed by atoms with van der Waals surface area (Å²) in [7, 11) is -4.07. The summed E-state index contributed by atoms with van der Waals surface area (Å²) in [6, 6.07) is 2.70. The molecule has 1 aromatic rings. The van der Waals surface area contributed by atoms with E-state index in [-0.39, 0.29) is 18.0 Å². The van der Waals surface area contributed by atoms with Crippen molar-refractivity contribution in [3.63, 3.8) is 0 Å². The molecule has 1 unspecified atom stereocenters. The highest BCUT2D eigenvalue weighted by molar-refractivity contribution is 7.89.